The highest BCUT2D eigenvalue weighted by atomic mass is 16.7. The first kappa shape index (κ1) is 11.4. The van der Waals surface area contributed by atoms with Gasteiger partial charge in [0.05, 0.1) is 6.04 Å². The number of hydrogen-bond donors (Lipinski definition) is 2. The van der Waals surface area contributed by atoms with Gasteiger partial charge in [-0.15, -0.1) is 0 Å². The van der Waals surface area contributed by atoms with Gasteiger partial charge < -0.3 is 19.9 Å². The molecule has 2 unspecified atom stereocenters. The first-order valence-corrected chi connectivity index (χ1v) is 5.34. The molecule has 16 heavy (non-hydrogen) atoms. The number of aliphatic hydroxyl groups excluding tert-OH is 1. The molecule has 88 valence electrons. The Morgan fingerprint density at radius 2 is 2.00 bits per heavy atom. The summed E-state index contributed by atoms with van der Waals surface area (Å²) in [6.07, 6.45) is -0.477. The van der Waals surface area contributed by atoms with E-state index in [9.17, 15) is 5.11 Å². The quantitative estimate of drug-likeness (QED) is 0.748. The predicted octanol–water partition coefficient (Wildman–Crippen LogP) is 1.00. The van der Waals surface area contributed by atoms with E-state index in [0.717, 1.165) is 12.1 Å². The summed E-state index contributed by atoms with van der Waals surface area (Å²) in [6.45, 7) is 0. The summed E-state index contributed by atoms with van der Waals surface area (Å²) in [5.41, 5.74) is 2.30. The maximum absolute atomic E-state index is 10.1. The molecule has 0 bridgehead atoms. The van der Waals surface area contributed by atoms with Gasteiger partial charge in [-0.25, -0.2) is 0 Å². The van der Waals surface area contributed by atoms with E-state index in [-0.39, 0.29) is 6.04 Å². The summed E-state index contributed by atoms with van der Waals surface area (Å²) in [5.74, 6) is 0. The lowest BCUT2D eigenvalue weighted by Gasteiger charge is -2.25. The molecule has 0 amide bonds. The zero-order valence-electron chi connectivity index (χ0n) is 9.51. The van der Waals surface area contributed by atoms with Crippen molar-refractivity contribution in [1.29, 1.82) is 0 Å². The zero-order valence-corrected chi connectivity index (χ0v) is 9.51. The molecule has 0 saturated carbocycles. The van der Waals surface area contributed by atoms with E-state index in [1.165, 1.54) is 19.8 Å². The van der Waals surface area contributed by atoms with Crippen molar-refractivity contribution in [1.82, 2.24) is 0 Å². The van der Waals surface area contributed by atoms with E-state index in [2.05, 4.69) is 11.4 Å². The van der Waals surface area contributed by atoms with Gasteiger partial charge in [0.1, 0.15) is 6.10 Å². The van der Waals surface area contributed by atoms with Crippen LogP contribution in [0.2, 0.25) is 0 Å². The minimum atomic E-state index is -0.678. The summed E-state index contributed by atoms with van der Waals surface area (Å²) in [7, 11) is 3.05. The maximum atomic E-state index is 10.1. The van der Waals surface area contributed by atoms with E-state index in [0.29, 0.717) is 0 Å². The summed E-state index contributed by atoms with van der Waals surface area (Å²) in [5, 5.41) is 13.3. The minimum Gasteiger partial charge on any atom is -0.386 e. The van der Waals surface area contributed by atoms with Crippen molar-refractivity contribution in [3.05, 3.63) is 29.8 Å². The molecule has 1 aliphatic rings. The summed E-state index contributed by atoms with van der Waals surface area (Å²) < 4.78 is 10.1. The lowest BCUT2D eigenvalue weighted by atomic mass is 10.1. The van der Waals surface area contributed by atoms with Gasteiger partial charge in [0.2, 0.25) is 0 Å². The summed E-state index contributed by atoms with van der Waals surface area (Å²) >= 11 is 0. The van der Waals surface area contributed by atoms with Crippen LogP contribution < -0.4 is 5.32 Å². The molecule has 2 N–H and O–H groups in total. The Morgan fingerprint density at radius 3 is 2.62 bits per heavy atom. The zero-order chi connectivity index (χ0) is 11.5. The molecule has 0 aromatic heterocycles. The van der Waals surface area contributed by atoms with Gasteiger partial charge in [-0.2, -0.15) is 0 Å². The van der Waals surface area contributed by atoms with Gasteiger partial charge >= 0.3 is 0 Å². The first-order chi connectivity index (χ1) is 7.76. The van der Waals surface area contributed by atoms with Crippen molar-refractivity contribution in [3.8, 4) is 0 Å². The van der Waals surface area contributed by atoms with Crippen LogP contribution in [0.5, 0.6) is 0 Å². The monoisotopic (exact) mass is 223 g/mol. The van der Waals surface area contributed by atoms with Crippen LogP contribution in [0.15, 0.2) is 24.3 Å². The van der Waals surface area contributed by atoms with Crippen molar-refractivity contribution in [2.75, 3.05) is 19.5 Å². The van der Waals surface area contributed by atoms with E-state index in [4.69, 9.17) is 9.47 Å². The van der Waals surface area contributed by atoms with Crippen LogP contribution in [-0.2, 0) is 15.9 Å². The van der Waals surface area contributed by atoms with Crippen LogP contribution in [-0.4, -0.2) is 37.8 Å². The first-order valence-electron chi connectivity index (χ1n) is 5.34. The number of para-hydroxylation sites is 1. The highest BCUT2D eigenvalue weighted by Crippen LogP contribution is 2.27. The van der Waals surface area contributed by atoms with Crippen LogP contribution in [0.3, 0.4) is 0 Å². The molecule has 0 radical (unpaired) electrons. The lowest BCUT2D eigenvalue weighted by Crippen LogP contribution is -2.42. The molecule has 4 heteroatoms. The van der Waals surface area contributed by atoms with Gasteiger partial charge in [-0.05, 0) is 18.1 Å². The Morgan fingerprint density at radius 1 is 1.31 bits per heavy atom. The Labute approximate surface area is 95.2 Å². The number of fused-ring (bicyclic) bond motifs is 1. The third-order valence-electron chi connectivity index (χ3n) is 2.95. The molecule has 4 nitrogen and oxygen atoms in total. The molecule has 0 saturated heterocycles. The van der Waals surface area contributed by atoms with Crippen molar-refractivity contribution in [2.45, 2.75) is 24.9 Å². The summed E-state index contributed by atoms with van der Waals surface area (Å²) in [4.78, 5) is 0. The van der Waals surface area contributed by atoms with E-state index >= 15 is 0 Å². The molecular weight excluding hydrogens is 206 g/mol. The molecule has 1 heterocycles. The Bertz CT molecular complexity index is 327. The number of benzene rings is 1. The predicted molar refractivity (Wildman–Crippen MR) is 61.4 cm³/mol. The fourth-order valence-corrected chi connectivity index (χ4v) is 2.10. The van der Waals surface area contributed by atoms with Crippen molar-refractivity contribution in [2.24, 2.45) is 0 Å². The SMILES string of the molecule is COC(OC)C(O)C1Cc2ccccc2N1. The second-order valence-corrected chi connectivity index (χ2v) is 3.94. The standard InChI is InChI=1S/C12H17NO3/c1-15-12(16-2)11(14)10-7-8-5-3-4-6-9(8)13-10/h3-6,10-14H,7H2,1-2H3. The van der Waals surface area contributed by atoms with Crippen LogP contribution >= 0.6 is 0 Å². The van der Waals surface area contributed by atoms with Crippen LogP contribution in [0.1, 0.15) is 5.56 Å². The number of rotatable bonds is 4. The van der Waals surface area contributed by atoms with Crippen LogP contribution in [0.25, 0.3) is 0 Å². The summed E-state index contributed by atoms with van der Waals surface area (Å²) in [6, 6.07) is 7.99. The number of anilines is 1. The molecule has 0 aliphatic carbocycles. The fourth-order valence-electron chi connectivity index (χ4n) is 2.10. The number of aliphatic hydroxyl groups is 1. The van der Waals surface area contributed by atoms with Crippen molar-refractivity contribution < 1.29 is 14.6 Å². The van der Waals surface area contributed by atoms with Crippen LogP contribution in [0.4, 0.5) is 5.69 Å². The third-order valence-corrected chi connectivity index (χ3v) is 2.95. The van der Waals surface area contributed by atoms with Gasteiger partial charge in [0, 0.05) is 19.9 Å². The van der Waals surface area contributed by atoms with Gasteiger partial charge in [0.15, 0.2) is 6.29 Å². The largest absolute Gasteiger partial charge is 0.386 e. The van der Waals surface area contributed by atoms with Crippen molar-refractivity contribution >= 4 is 5.69 Å². The fraction of sp³-hybridized carbons (Fsp3) is 0.500. The average Bonchev–Trinajstić information content (AvgIpc) is 2.74. The Kier molecular flexibility index (Phi) is 3.43. The molecular formula is C12H17NO3. The van der Waals surface area contributed by atoms with E-state index < -0.39 is 12.4 Å². The normalized spacial score (nSPS) is 20.6. The second kappa shape index (κ2) is 4.82. The topological polar surface area (TPSA) is 50.7 Å². The molecule has 0 fully saturated rings. The van der Waals surface area contributed by atoms with Crippen LogP contribution in [0, 0.1) is 0 Å². The average molecular weight is 223 g/mol. The second-order valence-electron chi connectivity index (χ2n) is 3.94. The Hall–Kier alpha value is -1.10. The van der Waals surface area contributed by atoms with Crippen molar-refractivity contribution in [3.63, 3.8) is 0 Å². The molecule has 1 aromatic rings. The van der Waals surface area contributed by atoms with Gasteiger partial charge in [-0.1, -0.05) is 18.2 Å². The molecule has 2 rings (SSSR count). The van der Waals surface area contributed by atoms with E-state index in [1.54, 1.807) is 0 Å². The number of hydrogen-bond acceptors (Lipinski definition) is 4. The molecule has 0 spiro atoms. The highest BCUT2D eigenvalue weighted by molar-refractivity contribution is 5.56. The highest BCUT2D eigenvalue weighted by Gasteiger charge is 2.32. The smallest absolute Gasteiger partial charge is 0.184 e. The maximum Gasteiger partial charge on any atom is 0.184 e. The van der Waals surface area contributed by atoms with Gasteiger partial charge in [-0.3, -0.25) is 0 Å². The Balaban J connectivity index is 2.05. The molecule has 1 aliphatic heterocycles. The number of methoxy groups -OCH3 is 2. The van der Waals surface area contributed by atoms with E-state index in [1.807, 2.05) is 18.2 Å². The molecule has 2 atom stereocenters. The van der Waals surface area contributed by atoms with Gasteiger partial charge in [0.25, 0.3) is 0 Å². The molecule has 1 aromatic carbocycles. The number of ether oxygens (including phenoxy) is 2. The third kappa shape index (κ3) is 2.04. The minimum absolute atomic E-state index is 0.0534. The lowest BCUT2D eigenvalue weighted by molar-refractivity contribution is -0.167. The number of nitrogens with one attached hydrogen (secondary N) is 1.